The fourth-order valence-electron chi connectivity index (χ4n) is 4.25. The molecule has 0 radical (unpaired) electrons. The summed E-state index contributed by atoms with van der Waals surface area (Å²) in [4.78, 5) is 23.2. The summed E-state index contributed by atoms with van der Waals surface area (Å²) >= 11 is 4.16. The van der Waals surface area contributed by atoms with Crippen LogP contribution in [0, 0.1) is 16.0 Å². The number of non-ortho nitro benzene ring substituents is 1. The highest BCUT2D eigenvalue weighted by atomic mass is 32.2. The summed E-state index contributed by atoms with van der Waals surface area (Å²) in [6.07, 6.45) is 3.46. The van der Waals surface area contributed by atoms with Gasteiger partial charge < -0.3 is 0 Å². The molecule has 2 saturated heterocycles. The van der Waals surface area contributed by atoms with Crippen molar-refractivity contribution in [3.63, 3.8) is 0 Å². The Morgan fingerprint density at radius 3 is 2.64 bits per heavy atom. The minimum Gasteiger partial charge on any atom is -0.270 e. The molecule has 6 nitrogen and oxygen atoms in total. The largest absolute Gasteiger partial charge is 0.270 e. The van der Waals surface area contributed by atoms with Crippen LogP contribution in [-0.2, 0) is 0 Å². The van der Waals surface area contributed by atoms with E-state index in [1.165, 1.54) is 30.1 Å². The average molecular weight is 380 g/mol. The number of hydrogen-bond acceptors (Lipinski definition) is 6. The van der Waals surface area contributed by atoms with Crippen LogP contribution in [-0.4, -0.2) is 43.5 Å². The minimum atomic E-state index is -0.448. The highest BCUT2D eigenvalue weighted by Gasteiger charge is 2.50. The third kappa shape index (κ3) is 3.04. The molecule has 3 atom stereocenters. The quantitative estimate of drug-likeness (QED) is 0.628. The van der Waals surface area contributed by atoms with E-state index in [4.69, 9.17) is 0 Å². The number of nitrogens with zero attached hydrogens (tertiary/aromatic N) is 2. The normalized spacial score (nSPS) is 30.4. The Morgan fingerprint density at radius 1 is 1.32 bits per heavy atom. The molecule has 25 heavy (non-hydrogen) atoms. The molecule has 2 aliphatic heterocycles. The number of nitro groups is 1. The maximum Gasteiger partial charge on any atom is 0.269 e. The lowest BCUT2D eigenvalue weighted by Gasteiger charge is -2.38. The fraction of sp³-hybridized carbons (Fsp3) is 0.588. The molecule has 8 heteroatoms. The zero-order valence-electron chi connectivity index (χ0n) is 14.0. The Kier molecular flexibility index (Phi) is 4.45. The summed E-state index contributed by atoms with van der Waals surface area (Å²) in [5, 5.41) is 12.5. The van der Waals surface area contributed by atoms with Crippen LogP contribution in [0.4, 0.5) is 5.69 Å². The predicted octanol–water partition coefficient (Wildman–Crippen LogP) is 3.29. The van der Waals surface area contributed by atoms with Crippen molar-refractivity contribution in [3.05, 3.63) is 39.9 Å². The SMILES string of the molecule is CC1[C@H]2CCC3(C[C@@H]2NN1C(=O)c1ccc([N+](=O)[O-])cc1)SCCS3. The molecule has 1 unspecified atom stereocenters. The van der Waals surface area contributed by atoms with Gasteiger partial charge in [-0.25, -0.2) is 5.43 Å². The molecule has 1 spiro atoms. The van der Waals surface area contributed by atoms with Gasteiger partial charge in [-0.3, -0.25) is 19.9 Å². The van der Waals surface area contributed by atoms with E-state index in [2.05, 4.69) is 35.9 Å². The van der Waals surface area contributed by atoms with E-state index in [0.717, 1.165) is 12.8 Å². The second-order valence-electron chi connectivity index (χ2n) is 6.97. The number of rotatable bonds is 2. The molecule has 1 saturated carbocycles. The molecular formula is C17H21N3O3S2. The molecule has 1 N–H and O–H groups in total. The van der Waals surface area contributed by atoms with E-state index in [-0.39, 0.29) is 17.6 Å². The second kappa shape index (κ2) is 6.48. The van der Waals surface area contributed by atoms with Crippen LogP contribution in [0.5, 0.6) is 0 Å². The number of nitrogens with one attached hydrogen (secondary N) is 1. The summed E-state index contributed by atoms with van der Waals surface area (Å²) in [5.41, 5.74) is 3.95. The molecule has 1 aliphatic carbocycles. The first-order valence-corrected chi connectivity index (χ1v) is 10.6. The van der Waals surface area contributed by atoms with Gasteiger partial charge in [0.15, 0.2) is 0 Å². The van der Waals surface area contributed by atoms with Gasteiger partial charge >= 0.3 is 0 Å². The first kappa shape index (κ1) is 17.2. The van der Waals surface area contributed by atoms with Gasteiger partial charge in [0.05, 0.1) is 15.0 Å². The van der Waals surface area contributed by atoms with Crippen molar-refractivity contribution in [2.24, 2.45) is 5.92 Å². The van der Waals surface area contributed by atoms with Crippen LogP contribution in [0.15, 0.2) is 24.3 Å². The maximum absolute atomic E-state index is 12.9. The Hall–Kier alpha value is -1.25. The van der Waals surface area contributed by atoms with Gasteiger partial charge in [-0.15, -0.1) is 23.5 Å². The molecule has 4 rings (SSSR count). The van der Waals surface area contributed by atoms with Crippen LogP contribution in [0.2, 0.25) is 0 Å². The molecule has 0 aromatic heterocycles. The van der Waals surface area contributed by atoms with Crippen molar-refractivity contribution in [1.82, 2.24) is 10.4 Å². The first-order chi connectivity index (χ1) is 12.0. The van der Waals surface area contributed by atoms with Crippen LogP contribution in [0.3, 0.4) is 0 Å². The third-order valence-corrected chi connectivity index (χ3v) is 9.17. The molecule has 0 bridgehead atoms. The number of benzene rings is 1. The number of nitro benzene ring substituents is 1. The molecular weight excluding hydrogens is 358 g/mol. The van der Waals surface area contributed by atoms with E-state index in [9.17, 15) is 14.9 Å². The van der Waals surface area contributed by atoms with E-state index in [1.807, 2.05) is 0 Å². The maximum atomic E-state index is 12.9. The van der Waals surface area contributed by atoms with E-state index >= 15 is 0 Å². The minimum absolute atomic E-state index is 0.00451. The topological polar surface area (TPSA) is 75.5 Å². The van der Waals surface area contributed by atoms with Crippen LogP contribution in [0.1, 0.15) is 36.5 Å². The van der Waals surface area contributed by atoms with Crippen LogP contribution >= 0.6 is 23.5 Å². The monoisotopic (exact) mass is 379 g/mol. The Morgan fingerprint density at radius 2 is 2.00 bits per heavy atom. The summed E-state index contributed by atoms with van der Waals surface area (Å²) in [6, 6.07) is 6.34. The number of hydrazine groups is 1. The van der Waals surface area contributed by atoms with Crippen molar-refractivity contribution in [2.45, 2.75) is 42.3 Å². The van der Waals surface area contributed by atoms with E-state index in [0.29, 0.717) is 21.6 Å². The smallest absolute Gasteiger partial charge is 0.269 e. The predicted molar refractivity (Wildman–Crippen MR) is 101 cm³/mol. The molecule has 2 heterocycles. The van der Waals surface area contributed by atoms with Crippen molar-refractivity contribution in [2.75, 3.05) is 11.5 Å². The average Bonchev–Trinajstić information content (AvgIpc) is 3.19. The molecule has 1 aromatic rings. The standard InChI is InChI=1S/C17H21N3O3S2/c1-11-14-6-7-17(24-8-9-25-17)10-15(14)18-19(11)16(21)12-2-4-13(5-3-12)20(22)23/h2-5,11,14-15,18H,6-10H2,1H3/t11?,14-,15+/m1/s1. The molecule has 134 valence electrons. The lowest BCUT2D eigenvalue weighted by Crippen LogP contribution is -2.44. The van der Waals surface area contributed by atoms with E-state index in [1.54, 1.807) is 17.1 Å². The highest BCUT2D eigenvalue weighted by Crippen LogP contribution is 2.55. The number of carbonyl (C=O) groups is 1. The van der Waals surface area contributed by atoms with Gasteiger partial charge in [-0.2, -0.15) is 0 Å². The van der Waals surface area contributed by atoms with Crippen LogP contribution < -0.4 is 5.43 Å². The number of amides is 1. The lowest BCUT2D eigenvalue weighted by molar-refractivity contribution is -0.384. The van der Waals surface area contributed by atoms with E-state index < -0.39 is 4.92 Å². The Bertz CT molecular complexity index is 691. The zero-order valence-corrected chi connectivity index (χ0v) is 15.6. The van der Waals surface area contributed by atoms with Gasteiger partial charge in [-0.05, 0) is 44.2 Å². The third-order valence-electron chi connectivity index (χ3n) is 5.60. The van der Waals surface area contributed by atoms with Crippen molar-refractivity contribution in [3.8, 4) is 0 Å². The Labute approximate surface area is 155 Å². The molecule has 3 aliphatic rings. The van der Waals surface area contributed by atoms with Gasteiger partial charge in [0.1, 0.15) is 0 Å². The van der Waals surface area contributed by atoms with Crippen molar-refractivity contribution in [1.29, 1.82) is 0 Å². The molecule has 1 amide bonds. The first-order valence-electron chi connectivity index (χ1n) is 8.61. The number of thioether (sulfide) groups is 2. The summed E-state index contributed by atoms with van der Waals surface area (Å²) in [5.74, 6) is 2.83. The fourth-order valence-corrected chi connectivity index (χ4v) is 7.61. The number of fused-ring (bicyclic) bond motifs is 1. The number of carbonyl (C=O) groups excluding carboxylic acids is 1. The summed E-state index contributed by atoms with van der Waals surface area (Å²) in [6.45, 7) is 2.11. The summed E-state index contributed by atoms with van der Waals surface area (Å²) < 4.78 is 0.334. The van der Waals surface area contributed by atoms with Gasteiger partial charge in [-0.1, -0.05) is 0 Å². The van der Waals surface area contributed by atoms with Gasteiger partial charge in [0, 0.05) is 35.2 Å². The van der Waals surface area contributed by atoms with Crippen LogP contribution in [0.25, 0.3) is 0 Å². The lowest BCUT2D eigenvalue weighted by atomic mass is 9.81. The molecule has 1 aromatic carbocycles. The zero-order chi connectivity index (χ0) is 17.6. The van der Waals surface area contributed by atoms with Crippen molar-refractivity contribution < 1.29 is 9.72 Å². The van der Waals surface area contributed by atoms with Crippen molar-refractivity contribution >= 4 is 35.1 Å². The molecule has 3 fully saturated rings. The second-order valence-corrected chi connectivity index (χ2v) is 10.2. The van der Waals surface area contributed by atoms with Gasteiger partial charge in [0.25, 0.3) is 11.6 Å². The highest BCUT2D eigenvalue weighted by molar-refractivity contribution is 8.21. The Balaban J connectivity index is 1.49. The number of hydrogen-bond donors (Lipinski definition) is 1. The summed E-state index contributed by atoms with van der Waals surface area (Å²) in [7, 11) is 0. The van der Waals surface area contributed by atoms with Gasteiger partial charge in [0.2, 0.25) is 0 Å².